The van der Waals surface area contributed by atoms with E-state index in [0.29, 0.717) is 5.56 Å². The Hall–Kier alpha value is -4.11. The maximum Gasteiger partial charge on any atom is 0.185 e. The van der Waals surface area contributed by atoms with E-state index in [2.05, 4.69) is 29.2 Å². The number of allylic oxidation sites excluding steroid dienone is 1. The van der Waals surface area contributed by atoms with Crippen molar-refractivity contribution in [1.82, 2.24) is 0 Å². The smallest absolute Gasteiger partial charge is 0.185 e. The van der Waals surface area contributed by atoms with E-state index >= 15 is 0 Å². The highest BCUT2D eigenvalue weighted by Gasteiger charge is 2.12. The minimum absolute atomic E-state index is 0.0146. The Balaban J connectivity index is 1.55. The van der Waals surface area contributed by atoms with Crippen LogP contribution in [-0.2, 0) is 0 Å². The molecule has 0 aliphatic carbocycles. The lowest BCUT2D eigenvalue weighted by atomic mass is 10.1. The van der Waals surface area contributed by atoms with Crippen molar-refractivity contribution in [3.63, 3.8) is 0 Å². The molecule has 0 fully saturated rings. The first-order valence-electron chi connectivity index (χ1n) is 10.6. The van der Waals surface area contributed by atoms with Gasteiger partial charge in [0.05, 0.1) is 0 Å². The topological polar surface area (TPSA) is 23.6 Å². The van der Waals surface area contributed by atoms with Crippen LogP contribution in [0.4, 0.5) is 22.7 Å². The predicted molar refractivity (Wildman–Crippen MR) is 135 cm³/mol. The number of rotatable bonds is 7. The zero-order chi connectivity index (χ0) is 22.3. The summed E-state index contributed by atoms with van der Waals surface area (Å²) in [5, 5.41) is 0. The summed E-state index contributed by atoms with van der Waals surface area (Å²) in [7, 11) is 4.02. The van der Waals surface area contributed by atoms with Gasteiger partial charge in [-0.3, -0.25) is 4.79 Å². The molecule has 0 saturated heterocycles. The molecule has 0 saturated carbocycles. The maximum absolute atomic E-state index is 12.7. The number of hydrogen-bond donors (Lipinski definition) is 0. The number of carbonyl (C=O) groups excluding carboxylic acids is 1. The first kappa shape index (κ1) is 21.1. The van der Waals surface area contributed by atoms with Crippen LogP contribution in [0.25, 0.3) is 6.08 Å². The van der Waals surface area contributed by atoms with Gasteiger partial charge in [0.25, 0.3) is 0 Å². The summed E-state index contributed by atoms with van der Waals surface area (Å²) in [4.78, 5) is 16.9. The Morgan fingerprint density at radius 3 is 1.56 bits per heavy atom. The van der Waals surface area contributed by atoms with Crippen LogP contribution in [0.1, 0.15) is 15.9 Å². The van der Waals surface area contributed by atoms with E-state index in [1.54, 1.807) is 6.08 Å². The molecule has 0 unspecified atom stereocenters. The van der Waals surface area contributed by atoms with Gasteiger partial charge in [0, 0.05) is 42.4 Å². The van der Waals surface area contributed by atoms with Crippen LogP contribution in [0.15, 0.2) is 115 Å². The van der Waals surface area contributed by atoms with Gasteiger partial charge in [0.1, 0.15) is 0 Å². The summed E-state index contributed by atoms with van der Waals surface area (Å²) in [6.45, 7) is 0. The molecule has 0 bridgehead atoms. The zero-order valence-corrected chi connectivity index (χ0v) is 18.3. The SMILES string of the molecule is CN(C)c1ccc(C=CC(=O)c2ccc(N(c3ccccc3)c3ccccc3)cc2)cc1. The van der Waals surface area contributed by atoms with E-state index in [1.807, 2.05) is 110 Å². The molecule has 32 heavy (non-hydrogen) atoms. The highest BCUT2D eigenvalue weighted by molar-refractivity contribution is 6.07. The lowest BCUT2D eigenvalue weighted by Gasteiger charge is -2.25. The number of anilines is 4. The first-order valence-corrected chi connectivity index (χ1v) is 10.6. The molecule has 3 nitrogen and oxygen atoms in total. The lowest BCUT2D eigenvalue weighted by Crippen LogP contribution is -2.09. The van der Waals surface area contributed by atoms with Crippen molar-refractivity contribution < 1.29 is 4.79 Å². The first-order chi connectivity index (χ1) is 15.6. The third kappa shape index (κ3) is 4.96. The molecule has 0 heterocycles. The van der Waals surface area contributed by atoms with E-state index in [0.717, 1.165) is 28.3 Å². The van der Waals surface area contributed by atoms with E-state index in [9.17, 15) is 4.79 Å². The van der Waals surface area contributed by atoms with Crippen molar-refractivity contribution in [2.75, 3.05) is 23.9 Å². The third-order valence-corrected chi connectivity index (χ3v) is 5.28. The van der Waals surface area contributed by atoms with Crippen molar-refractivity contribution in [1.29, 1.82) is 0 Å². The highest BCUT2D eigenvalue weighted by Crippen LogP contribution is 2.34. The Bertz CT molecular complexity index is 1140. The van der Waals surface area contributed by atoms with Crippen LogP contribution < -0.4 is 9.80 Å². The number of benzene rings is 4. The van der Waals surface area contributed by atoms with Crippen LogP contribution in [0.5, 0.6) is 0 Å². The molecule has 4 aromatic rings. The van der Waals surface area contributed by atoms with Gasteiger partial charge in [-0.05, 0) is 72.3 Å². The molecule has 0 radical (unpaired) electrons. The molecule has 3 heteroatoms. The third-order valence-electron chi connectivity index (χ3n) is 5.28. The summed E-state index contributed by atoms with van der Waals surface area (Å²) in [6, 6.07) is 36.3. The van der Waals surface area contributed by atoms with Crippen LogP contribution in [-0.4, -0.2) is 19.9 Å². The van der Waals surface area contributed by atoms with Crippen molar-refractivity contribution >= 4 is 34.6 Å². The molecule has 4 rings (SSSR count). The van der Waals surface area contributed by atoms with Gasteiger partial charge in [0.2, 0.25) is 0 Å². The Kier molecular flexibility index (Phi) is 6.47. The normalized spacial score (nSPS) is 10.8. The van der Waals surface area contributed by atoms with Gasteiger partial charge in [-0.25, -0.2) is 0 Å². The molecule has 0 aromatic heterocycles. The minimum Gasteiger partial charge on any atom is -0.378 e. The van der Waals surface area contributed by atoms with E-state index in [1.165, 1.54) is 0 Å². The number of ketones is 1. The molecule has 0 aliphatic rings. The van der Waals surface area contributed by atoms with E-state index < -0.39 is 0 Å². The Morgan fingerprint density at radius 1 is 0.594 bits per heavy atom. The number of carbonyl (C=O) groups is 1. The van der Waals surface area contributed by atoms with E-state index in [4.69, 9.17) is 0 Å². The van der Waals surface area contributed by atoms with E-state index in [-0.39, 0.29) is 5.78 Å². The molecule has 0 spiro atoms. The molecule has 0 amide bonds. The zero-order valence-electron chi connectivity index (χ0n) is 18.3. The van der Waals surface area contributed by atoms with Gasteiger partial charge in [-0.15, -0.1) is 0 Å². The van der Waals surface area contributed by atoms with Crippen LogP contribution in [0.2, 0.25) is 0 Å². The average Bonchev–Trinajstić information content (AvgIpc) is 2.85. The van der Waals surface area contributed by atoms with Crippen LogP contribution in [0.3, 0.4) is 0 Å². The number of hydrogen-bond acceptors (Lipinski definition) is 3. The second-order valence-corrected chi connectivity index (χ2v) is 7.74. The quantitative estimate of drug-likeness (QED) is 0.236. The van der Waals surface area contributed by atoms with Gasteiger partial charge < -0.3 is 9.80 Å². The molecule has 158 valence electrons. The summed E-state index contributed by atoms with van der Waals surface area (Å²) in [6.07, 6.45) is 3.49. The molecule has 0 atom stereocenters. The molecule has 4 aromatic carbocycles. The Morgan fingerprint density at radius 2 is 1.06 bits per heavy atom. The molecular weight excluding hydrogens is 392 g/mol. The van der Waals surface area contributed by atoms with Crippen molar-refractivity contribution in [2.24, 2.45) is 0 Å². The molecule has 0 aliphatic heterocycles. The monoisotopic (exact) mass is 418 g/mol. The van der Waals surface area contributed by atoms with Gasteiger partial charge in [-0.2, -0.15) is 0 Å². The van der Waals surface area contributed by atoms with Crippen LogP contribution in [0, 0.1) is 0 Å². The van der Waals surface area contributed by atoms with Gasteiger partial charge >= 0.3 is 0 Å². The van der Waals surface area contributed by atoms with Crippen molar-refractivity contribution in [2.45, 2.75) is 0 Å². The highest BCUT2D eigenvalue weighted by atomic mass is 16.1. The van der Waals surface area contributed by atoms with Gasteiger partial charge in [-0.1, -0.05) is 54.6 Å². The second kappa shape index (κ2) is 9.80. The predicted octanol–water partition coefficient (Wildman–Crippen LogP) is 7.12. The summed E-state index contributed by atoms with van der Waals surface area (Å²) in [5.74, 6) is -0.0146. The summed E-state index contributed by atoms with van der Waals surface area (Å²) >= 11 is 0. The largest absolute Gasteiger partial charge is 0.378 e. The maximum atomic E-state index is 12.7. The summed E-state index contributed by atoms with van der Waals surface area (Å²) < 4.78 is 0. The minimum atomic E-state index is -0.0146. The van der Waals surface area contributed by atoms with Crippen LogP contribution >= 0.6 is 0 Å². The van der Waals surface area contributed by atoms with Gasteiger partial charge in [0.15, 0.2) is 5.78 Å². The molecule has 0 N–H and O–H groups in total. The number of nitrogens with zero attached hydrogens (tertiary/aromatic N) is 2. The van der Waals surface area contributed by atoms with Crippen molar-refractivity contribution in [3.05, 3.63) is 126 Å². The average molecular weight is 419 g/mol. The number of para-hydroxylation sites is 2. The summed E-state index contributed by atoms with van der Waals surface area (Å²) in [5.41, 5.74) is 5.93. The second-order valence-electron chi connectivity index (χ2n) is 7.74. The van der Waals surface area contributed by atoms with Crippen molar-refractivity contribution in [3.8, 4) is 0 Å². The standard InChI is InChI=1S/C29H26N2O/c1-30(2)25-18-13-23(14-19-25)15-22-29(32)24-16-20-28(21-17-24)31(26-9-5-3-6-10-26)27-11-7-4-8-12-27/h3-22H,1-2H3. The fraction of sp³-hybridized carbons (Fsp3) is 0.0690. The fourth-order valence-electron chi connectivity index (χ4n) is 3.53. The molecular formula is C29H26N2O. The fourth-order valence-corrected chi connectivity index (χ4v) is 3.53. The Labute approximate surface area is 189 Å². The lowest BCUT2D eigenvalue weighted by molar-refractivity contribution is 0.104.